The molecule has 2 aromatic carbocycles. The fourth-order valence-corrected chi connectivity index (χ4v) is 2.17. The van der Waals surface area contributed by atoms with Crippen LogP contribution in [0.15, 0.2) is 53.0 Å². The van der Waals surface area contributed by atoms with Gasteiger partial charge in [0.1, 0.15) is 5.82 Å². The van der Waals surface area contributed by atoms with E-state index in [9.17, 15) is 18.8 Å². The third kappa shape index (κ3) is 4.88. The number of carbonyl (C=O) groups is 3. The van der Waals surface area contributed by atoms with E-state index >= 15 is 0 Å². The van der Waals surface area contributed by atoms with Crippen LogP contribution in [-0.4, -0.2) is 24.3 Å². The minimum atomic E-state index is -0.792. The first-order chi connectivity index (χ1) is 11.5. The standard InChI is InChI=1S/C16H13BrFN3O3/c17-11-5-3-4-10(8-11)15(23)19-9-14(22)20-21-16(24)12-6-1-2-7-13(12)18/h1-8H,9H2,(H,19,23)(H,20,22)(H,21,24). The molecule has 0 aliphatic carbocycles. The van der Waals surface area contributed by atoms with E-state index in [0.29, 0.717) is 5.56 Å². The van der Waals surface area contributed by atoms with Crippen LogP contribution >= 0.6 is 15.9 Å². The van der Waals surface area contributed by atoms with Crippen LogP contribution < -0.4 is 16.2 Å². The number of halogens is 2. The Hall–Kier alpha value is -2.74. The van der Waals surface area contributed by atoms with Gasteiger partial charge in [0.2, 0.25) is 0 Å². The molecule has 0 unspecified atom stereocenters. The molecule has 24 heavy (non-hydrogen) atoms. The Bertz CT molecular complexity index is 783. The summed E-state index contributed by atoms with van der Waals surface area (Å²) in [6.45, 7) is -0.344. The van der Waals surface area contributed by atoms with Gasteiger partial charge in [-0.15, -0.1) is 0 Å². The number of hydrogen-bond donors (Lipinski definition) is 3. The van der Waals surface area contributed by atoms with E-state index in [-0.39, 0.29) is 12.1 Å². The Morgan fingerprint density at radius 2 is 1.71 bits per heavy atom. The van der Waals surface area contributed by atoms with Gasteiger partial charge in [0.15, 0.2) is 0 Å². The van der Waals surface area contributed by atoms with E-state index < -0.39 is 23.5 Å². The van der Waals surface area contributed by atoms with Crippen LogP contribution in [0.2, 0.25) is 0 Å². The van der Waals surface area contributed by atoms with Crippen molar-refractivity contribution in [2.75, 3.05) is 6.54 Å². The van der Waals surface area contributed by atoms with Crippen molar-refractivity contribution < 1.29 is 18.8 Å². The fourth-order valence-electron chi connectivity index (χ4n) is 1.78. The summed E-state index contributed by atoms with van der Waals surface area (Å²) in [4.78, 5) is 35.2. The average Bonchev–Trinajstić information content (AvgIpc) is 2.58. The highest BCUT2D eigenvalue weighted by Crippen LogP contribution is 2.11. The van der Waals surface area contributed by atoms with Crippen LogP contribution in [0.4, 0.5) is 4.39 Å². The Kier molecular flexibility index (Phi) is 6.02. The van der Waals surface area contributed by atoms with Crippen LogP contribution in [0.5, 0.6) is 0 Å². The highest BCUT2D eigenvalue weighted by atomic mass is 79.9. The lowest BCUT2D eigenvalue weighted by atomic mass is 10.2. The molecular formula is C16H13BrFN3O3. The molecule has 2 aromatic rings. The Balaban J connectivity index is 1.80. The highest BCUT2D eigenvalue weighted by Gasteiger charge is 2.12. The molecular weight excluding hydrogens is 381 g/mol. The second-order valence-electron chi connectivity index (χ2n) is 4.68. The number of benzene rings is 2. The Morgan fingerprint density at radius 3 is 2.42 bits per heavy atom. The molecule has 8 heteroatoms. The number of rotatable bonds is 4. The third-order valence-electron chi connectivity index (χ3n) is 2.93. The van der Waals surface area contributed by atoms with E-state index in [1.165, 1.54) is 18.2 Å². The summed E-state index contributed by atoms with van der Waals surface area (Å²) in [6.07, 6.45) is 0. The molecule has 0 heterocycles. The largest absolute Gasteiger partial charge is 0.343 e. The van der Waals surface area contributed by atoms with Crippen molar-refractivity contribution >= 4 is 33.7 Å². The molecule has 124 valence electrons. The molecule has 3 amide bonds. The topological polar surface area (TPSA) is 87.3 Å². The SMILES string of the molecule is O=C(CNC(=O)c1cccc(Br)c1)NNC(=O)c1ccccc1F. The first kappa shape index (κ1) is 17.6. The van der Waals surface area contributed by atoms with Crippen molar-refractivity contribution in [1.29, 1.82) is 0 Å². The lowest BCUT2D eigenvalue weighted by Crippen LogP contribution is -2.46. The number of nitrogens with one attached hydrogen (secondary N) is 3. The second-order valence-corrected chi connectivity index (χ2v) is 5.59. The van der Waals surface area contributed by atoms with Crippen molar-refractivity contribution in [3.63, 3.8) is 0 Å². The number of hydrazine groups is 1. The molecule has 0 radical (unpaired) electrons. The van der Waals surface area contributed by atoms with Gasteiger partial charge in [0, 0.05) is 10.0 Å². The van der Waals surface area contributed by atoms with Gasteiger partial charge in [-0.3, -0.25) is 25.2 Å². The van der Waals surface area contributed by atoms with E-state index in [4.69, 9.17) is 0 Å². The van der Waals surface area contributed by atoms with Gasteiger partial charge in [-0.1, -0.05) is 34.1 Å². The minimum Gasteiger partial charge on any atom is -0.343 e. The maximum Gasteiger partial charge on any atom is 0.272 e. The normalized spacial score (nSPS) is 9.92. The predicted octanol–water partition coefficient (Wildman–Crippen LogP) is 1.78. The van der Waals surface area contributed by atoms with Gasteiger partial charge >= 0.3 is 0 Å². The maximum atomic E-state index is 13.4. The lowest BCUT2D eigenvalue weighted by molar-refractivity contribution is -0.120. The summed E-state index contributed by atoms with van der Waals surface area (Å²) in [7, 11) is 0. The fraction of sp³-hybridized carbons (Fsp3) is 0.0625. The molecule has 0 bridgehead atoms. The minimum absolute atomic E-state index is 0.198. The van der Waals surface area contributed by atoms with Crippen LogP contribution in [0, 0.1) is 5.82 Å². The van der Waals surface area contributed by atoms with Gasteiger partial charge in [-0.05, 0) is 30.3 Å². The molecule has 0 saturated heterocycles. The molecule has 0 aliphatic rings. The van der Waals surface area contributed by atoms with E-state index in [1.54, 1.807) is 24.3 Å². The first-order valence-corrected chi connectivity index (χ1v) is 7.64. The van der Waals surface area contributed by atoms with Crippen LogP contribution in [0.3, 0.4) is 0 Å². The zero-order valence-electron chi connectivity index (χ0n) is 12.3. The molecule has 0 saturated carbocycles. The number of amides is 3. The molecule has 0 atom stereocenters. The van der Waals surface area contributed by atoms with Crippen molar-refractivity contribution in [3.8, 4) is 0 Å². The quantitative estimate of drug-likeness (QED) is 0.691. The molecule has 0 aliphatic heterocycles. The summed E-state index contributed by atoms with van der Waals surface area (Å²) in [5.74, 6) is -2.58. The zero-order valence-corrected chi connectivity index (χ0v) is 13.9. The van der Waals surface area contributed by atoms with Gasteiger partial charge in [0.25, 0.3) is 17.7 Å². The molecule has 0 fully saturated rings. The Labute approximate surface area is 145 Å². The van der Waals surface area contributed by atoms with E-state index in [0.717, 1.165) is 10.5 Å². The number of carbonyl (C=O) groups excluding carboxylic acids is 3. The zero-order chi connectivity index (χ0) is 17.5. The van der Waals surface area contributed by atoms with E-state index in [1.807, 2.05) is 0 Å². The second kappa shape index (κ2) is 8.21. The van der Waals surface area contributed by atoms with Gasteiger partial charge in [-0.2, -0.15) is 0 Å². The smallest absolute Gasteiger partial charge is 0.272 e. The van der Waals surface area contributed by atoms with Crippen LogP contribution in [0.25, 0.3) is 0 Å². The summed E-state index contributed by atoms with van der Waals surface area (Å²) in [5.41, 5.74) is 4.36. The van der Waals surface area contributed by atoms with Gasteiger partial charge in [0.05, 0.1) is 12.1 Å². The van der Waals surface area contributed by atoms with Gasteiger partial charge in [-0.25, -0.2) is 4.39 Å². The lowest BCUT2D eigenvalue weighted by Gasteiger charge is -2.09. The first-order valence-electron chi connectivity index (χ1n) is 6.85. The maximum absolute atomic E-state index is 13.4. The summed E-state index contributed by atoms with van der Waals surface area (Å²) >= 11 is 3.24. The van der Waals surface area contributed by atoms with Crippen LogP contribution in [-0.2, 0) is 4.79 Å². The Morgan fingerprint density at radius 1 is 0.958 bits per heavy atom. The van der Waals surface area contributed by atoms with Gasteiger partial charge < -0.3 is 5.32 Å². The van der Waals surface area contributed by atoms with Crippen molar-refractivity contribution in [2.24, 2.45) is 0 Å². The number of hydrogen-bond acceptors (Lipinski definition) is 3. The van der Waals surface area contributed by atoms with Crippen molar-refractivity contribution in [1.82, 2.24) is 16.2 Å². The molecule has 0 aromatic heterocycles. The van der Waals surface area contributed by atoms with Crippen molar-refractivity contribution in [3.05, 3.63) is 69.9 Å². The molecule has 0 spiro atoms. The van der Waals surface area contributed by atoms with E-state index in [2.05, 4.69) is 32.1 Å². The highest BCUT2D eigenvalue weighted by molar-refractivity contribution is 9.10. The monoisotopic (exact) mass is 393 g/mol. The summed E-state index contributed by atoms with van der Waals surface area (Å²) < 4.78 is 14.1. The molecule has 6 nitrogen and oxygen atoms in total. The van der Waals surface area contributed by atoms with Crippen LogP contribution in [0.1, 0.15) is 20.7 Å². The predicted molar refractivity (Wildman–Crippen MR) is 88.5 cm³/mol. The average molecular weight is 394 g/mol. The third-order valence-corrected chi connectivity index (χ3v) is 3.42. The molecule has 2 rings (SSSR count). The summed E-state index contributed by atoms with van der Waals surface area (Å²) in [5, 5.41) is 2.40. The summed E-state index contributed by atoms with van der Waals surface area (Å²) in [6, 6.07) is 12.0. The molecule has 3 N–H and O–H groups in total. The van der Waals surface area contributed by atoms with Crippen molar-refractivity contribution in [2.45, 2.75) is 0 Å².